The number of rotatable bonds is 5. The van der Waals surface area contributed by atoms with Crippen LogP contribution in [0.15, 0.2) is 54.6 Å². The van der Waals surface area contributed by atoms with Crippen LogP contribution < -0.4 is 4.90 Å². The summed E-state index contributed by atoms with van der Waals surface area (Å²) in [5, 5.41) is 0. The number of amides is 1. The summed E-state index contributed by atoms with van der Waals surface area (Å²) in [7, 11) is 0. The quantitative estimate of drug-likeness (QED) is 0.841. The lowest BCUT2D eigenvalue weighted by Gasteiger charge is -2.37. The van der Waals surface area contributed by atoms with E-state index in [1.165, 1.54) is 16.8 Å². The summed E-state index contributed by atoms with van der Waals surface area (Å²) in [5.41, 5.74) is 3.96. The molecule has 1 amide bonds. The minimum Gasteiger partial charge on any atom is -0.368 e. The van der Waals surface area contributed by atoms with Crippen molar-refractivity contribution < 1.29 is 4.79 Å². The second kappa shape index (κ2) is 8.00. The van der Waals surface area contributed by atoms with Gasteiger partial charge in [-0.2, -0.15) is 0 Å². The van der Waals surface area contributed by atoms with Crippen molar-refractivity contribution in [2.45, 2.75) is 26.2 Å². The Hall–Kier alpha value is -2.29. The molecule has 0 radical (unpaired) electrons. The molecule has 1 fully saturated rings. The first-order valence-corrected chi connectivity index (χ1v) is 8.92. The van der Waals surface area contributed by atoms with Crippen LogP contribution in [-0.2, 0) is 17.6 Å². The molecule has 1 aliphatic rings. The molecule has 126 valence electrons. The van der Waals surface area contributed by atoms with Gasteiger partial charge in [-0.1, -0.05) is 55.5 Å². The molecule has 0 aromatic heterocycles. The van der Waals surface area contributed by atoms with Crippen LogP contribution in [0.25, 0.3) is 0 Å². The molecular formula is C21H26N2O. The summed E-state index contributed by atoms with van der Waals surface area (Å²) in [4.78, 5) is 16.9. The largest absolute Gasteiger partial charge is 0.368 e. The molecule has 1 aliphatic heterocycles. The van der Waals surface area contributed by atoms with Gasteiger partial charge in [0.25, 0.3) is 0 Å². The molecule has 0 atom stereocenters. The highest BCUT2D eigenvalue weighted by atomic mass is 16.2. The Morgan fingerprint density at radius 2 is 1.58 bits per heavy atom. The Bertz CT molecular complexity index is 661. The number of hydrogen-bond donors (Lipinski definition) is 0. The fourth-order valence-electron chi connectivity index (χ4n) is 3.37. The van der Waals surface area contributed by atoms with Crippen LogP contribution >= 0.6 is 0 Å². The maximum atomic E-state index is 12.4. The zero-order valence-corrected chi connectivity index (χ0v) is 14.4. The Morgan fingerprint density at radius 3 is 2.29 bits per heavy atom. The predicted octanol–water partition coefficient (Wildman–Crippen LogP) is 3.53. The van der Waals surface area contributed by atoms with Crippen molar-refractivity contribution in [3.8, 4) is 0 Å². The van der Waals surface area contributed by atoms with Crippen LogP contribution in [0.3, 0.4) is 0 Å². The van der Waals surface area contributed by atoms with E-state index in [0.29, 0.717) is 6.42 Å². The van der Waals surface area contributed by atoms with Gasteiger partial charge in [-0.25, -0.2) is 0 Å². The highest BCUT2D eigenvalue weighted by molar-refractivity contribution is 5.76. The molecule has 0 unspecified atom stereocenters. The molecule has 2 aromatic rings. The zero-order chi connectivity index (χ0) is 16.8. The first kappa shape index (κ1) is 16.6. The molecule has 0 aliphatic carbocycles. The average molecular weight is 322 g/mol. The number of benzene rings is 2. The highest BCUT2D eigenvalue weighted by Crippen LogP contribution is 2.22. The number of aryl methyl sites for hydroxylation is 2. The zero-order valence-electron chi connectivity index (χ0n) is 14.4. The van der Waals surface area contributed by atoms with E-state index in [1.807, 2.05) is 23.1 Å². The first-order chi connectivity index (χ1) is 11.8. The fourth-order valence-corrected chi connectivity index (χ4v) is 3.37. The predicted molar refractivity (Wildman–Crippen MR) is 99.4 cm³/mol. The normalized spacial score (nSPS) is 14.7. The molecule has 0 spiro atoms. The van der Waals surface area contributed by atoms with Gasteiger partial charge < -0.3 is 9.80 Å². The Morgan fingerprint density at radius 1 is 0.917 bits per heavy atom. The van der Waals surface area contributed by atoms with Crippen LogP contribution in [0.5, 0.6) is 0 Å². The van der Waals surface area contributed by atoms with Crippen molar-refractivity contribution in [1.29, 1.82) is 0 Å². The van der Waals surface area contributed by atoms with Gasteiger partial charge in [0, 0.05) is 38.3 Å². The third-order valence-corrected chi connectivity index (χ3v) is 4.82. The van der Waals surface area contributed by atoms with Gasteiger partial charge in [-0.15, -0.1) is 0 Å². The minimum absolute atomic E-state index is 0.280. The molecule has 3 heteroatoms. The fraction of sp³-hybridized carbons (Fsp3) is 0.381. The van der Waals surface area contributed by atoms with E-state index in [1.54, 1.807) is 0 Å². The SMILES string of the molecule is CCc1ccccc1N1CCN(C(=O)CCc2ccccc2)CC1. The molecule has 24 heavy (non-hydrogen) atoms. The maximum Gasteiger partial charge on any atom is 0.223 e. The Kier molecular flexibility index (Phi) is 5.52. The molecule has 0 saturated carbocycles. The molecule has 1 saturated heterocycles. The van der Waals surface area contributed by atoms with Gasteiger partial charge in [0.1, 0.15) is 0 Å². The number of hydrogen-bond acceptors (Lipinski definition) is 2. The summed E-state index contributed by atoms with van der Waals surface area (Å²) < 4.78 is 0. The van der Waals surface area contributed by atoms with Crippen molar-refractivity contribution in [3.05, 3.63) is 65.7 Å². The lowest BCUT2D eigenvalue weighted by atomic mass is 10.1. The number of carbonyl (C=O) groups is 1. The highest BCUT2D eigenvalue weighted by Gasteiger charge is 2.21. The summed E-state index contributed by atoms with van der Waals surface area (Å²) in [6, 6.07) is 18.9. The summed E-state index contributed by atoms with van der Waals surface area (Å²) in [6.45, 7) is 5.70. The topological polar surface area (TPSA) is 23.6 Å². The molecule has 0 bridgehead atoms. The van der Waals surface area contributed by atoms with Crippen LogP contribution in [0.2, 0.25) is 0 Å². The molecule has 3 rings (SSSR count). The lowest BCUT2D eigenvalue weighted by molar-refractivity contribution is -0.131. The minimum atomic E-state index is 0.280. The van der Waals surface area contributed by atoms with Gasteiger partial charge >= 0.3 is 0 Å². The number of anilines is 1. The van der Waals surface area contributed by atoms with Crippen LogP contribution in [0, 0.1) is 0 Å². The van der Waals surface area contributed by atoms with E-state index in [9.17, 15) is 4.79 Å². The van der Waals surface area contributed by atoms with E-state index in [2.05, 4.69) is 48.2 Å². The number of piperazine rings is 1. The van der Waals surface area contributed by atoms with Crippen LogP contribution in [0.4, 0.5) is 5.69 Å². The van der Waals surface area contributed by atoms with E-state index in [4.69, 9.17) is 0 Å². The Balaban J connectivity index is 1.52. The average Bonchev–Trinajstić information content (AvgIpc) is 2.67. The van der Waals surface area contributed by atoms with E-state index < -0.39 is 0 Å². The third kappa shape index (κ3) is 3.97. The molecule has 1 heterocycles. The van der Waals surface area contributed by atoms with Gasteiger partial charge in [0.2, 0.25) is 5.91 Å². The second-order valence-corrected chi connectivity index (χ2v) is 6.34. The molecular weight excluding hydrogens is 296 g/mol. The van der Waals surface area contributed by atoms with Gasteiger partial charge in [-0.3, -0.25) is 4.79 Å². The first-order valence-electron chi connectivity index (χ1n) is 8.92. The number of carbonyl (C=O) groups excluding carboxylic acids is 1. The summed E-state index contributed by atoms with van der Waals surface area (Å²) in [6.07, 6.45) is 2.49. The lowest BCUT2D eigenvalue weighted by Crippen LogP contribution is -2.49. The third-order valence-electron chi connectivity index (χ3n) is 4.82. The molecule has 0 N–H and O–H groups in total. The van der Waals surface area contributed by atoms with Gasteiger partial charge in [0.15, 0.2) is 0 Å². The van der Waals surface area contributed by atoms with Crippen molar-refractivity contribution in [2.24, 2.45) is 0 Å². The van der Waals surface area contributed by atoms with Crippen LogP contribution in [-0.4, -0.2) is 37.0 Å². The Labute approximate surface area is 144 Å². The summed E-state index contributed by atoms with van der Waals surface area (Å²) in [5.74, 6) is 0.280. The monoisotopic (exact) mass is 322 g/mol. The van der Waals surface area contributed by atoms with E-state index >= 15 is 0 Å². The van der Waals surface area contributed by atoms with Gasteiger partial charge in [0.05, 0.1) is 0 Å². The van der Waals surface area contributed by atoms with E-state index in [0.717, 1.165) is 39.0 Å². The molecule has 3 nitrogen and oxygen atoms in total. The summed E-state index contributed by atoms with van der Waals surface area (Å²) >= 11 is 0. The standard InChI is InChI=1S/C21H26N2O/c1-2-19-10-6-7-11-20(19)22-14-16-23(17-15-22)21(24)13-12-18-8-4-3-5-9-18/h3-11H,2,12-17H2,1H3. The maximum absolute atomic E-state index is 12.4. The van der Waals surface area contributed by atoms with Crippen molar-refractivity contribution in [3.63, 3.8) is 0 Å². The van der Waals surface area contributed by atoms with Gasteiger partial charge in [-0.05, 0) is 30.0 Å². The number of nitrogens with zero attached hydrogens (tertiary/aromatic N) is 2. The van der Waals surface area contributed by atoms with E-state index in [-0.39, 0.29) is 5.91 Å². The number of para-hydroxylation sites is 1. The van der Waals surface area contributed by atoms with Crippen molar-refractivity contribution in [2.75, 3.05) is 31.1 Å². The molecule has 2 aromatic carbocycles. The second-order valence-electron chi connectivity index (χ2n) is 6.34. The van der Waals surface area contributed by atoms with Crippen molar-refractivity contribution >= 4 is 11.6 Å². The smallest absolute Gasteiger partial charge is 0.223 e. The van der Waals surface area contributed by atoms with Crippen LogP contribution in [0.1, 0.15) is 24.5 Å². The van der Waals surface area contributed by atoms with Crippen molar-refractivity contribution in [1.82, 2.24) is 4.90 Å².